The molecule has 0 N–H and O–H groups in total. The van der Waals surface area contributed by atoms with Crippen LogP contribution in [0.1, 0.15) is 6.92 Å². The Morgan fingerprint density at radius 2 is 1.78 bits per heavy atom. The van der Waals surface area contributed by atoms with Crippen LogP contribution in [0.5, 0.6) is 0 Å². The van der Waals surface area contributed by atoms with Crippen molar-refractivity contribution in [1.82, 2.24) is 4.90 Å². The molecule has 0 radical (unpaired) electrons. The quantitative estimate of drug-likeness (QED) is 0.167. The number of methoxy groups -OCH3 is 2. The number of nitrogens with zero attached hydrogens (tertiary/aromatic N) is 1. The second-order valence-corrected chi connectivity index (χ2v) is 4.42. The molecule has 0 saturated carbocycles. The van der Waals surface area contributed by atoms with Crippen LogP contribution in [0.4, 0.5) is 0 Å². The summed E-state index contributed by atoms with van der Waals surface area (Å²) in [6.07, 6.45) is 10.4. The van der Waals surface area contributed by atoms with Gasteiger partial charge < -0.3 is 23.8 Å². The summed E-state index contributed by atoms with van der Waals surface area (Å²) in [4.78, 5) is 13.8. The Hall–Kier alpha value is -1.81. The molecule has 130 valence electrons. The van der Waals surface area contributed by atoms with Gasteiger partial charge in [-0.2, -0.15) is 0 Å². The zero-order chi connectivity index (χ0) is 17.3. The largest absolute Gasteiger partial charge is 0.459 e. The molecule has 6 heteroatoms. The van der Waals surface area contributed by atoms with Crippen molar-refractivity contribution in [2.24, 2.45) is 0 Å². The van der Waals surface area contributed by atoms with Gasteiger partial charge in [-0.15, -0.1) is 6.42 Å². The summed E-state index contributed by atoms with van der Waals surface area (Å²) >= 11 is 0. The van der Waals surface area contributed by atoms with Crippen molar-refractivity contribution in [2.75, 3.05) is 60.3 Å². The number of rotatable bonds is 13. The zero-order valence-electron chi connectivity index (χ0n) is 14.2. The summed E-state index contributed by atoms with van der Waals surface area (Å²) in [5.41, 5.74) is 0.163. The van der Waals surface area contributed by atoms with Crippen molar-refractivity contribution in [3.05, 3.63) is 23.9 Å². The van der Waals surface area contributed by atoms with Crippen LogP contribution in [0.2, 0.25) is 0 Å². The highest BCUT2D eigenvalue weighted by Gasteiger charge is 2.07. The van der Waals surface area contributed by atoms with Gasteiger partial charge in [0, 0.05) is 33.9 Å². The van der Waals surface area contributed by atoms with Crippen LogP contribution >= 0.6 is 0 Å². The lowest BCUT2D eigenvalue weighted by Crippen LogP contribution is -2.25. The van der Waals surface area contributed by atoms with Crippen molar-refractivity contribution >= 4 is 5.97 Å². The molecule has 0 aliphatic rings. The third-order valence-electron chi connectivity index (χ3n) is 2.77. The maximum Gasteiger partial charge on any atom is 0.346 e. The summed E-state index contributed by atoms with van der Waals surface area (Å²) in [7, 11) is 3.29. The Kier molecular flexibility index (Phi) is 13.9. The van der Waals surface area contributed by atoms with Crippen LogP contribution in [0.25, 0.3) is 0 Å². The van der Waals surface area contributed by atoms with Crippen LogP contribution in [0, 0.1) is 12.3 Å². The molecule has 0 heterocycles. The van der Waals surface area contributed by atoms with Crippen molar-refractivity contribution in [2.45, 2.75) is 6.92 Å². The first-order valence-corrected chi connectivity index (χ1v) is 7.51. The first-order valence-electron chi connectivity index (χ1n) is 7.51. The molecule has 0 aromatic rings. The maximum absolute atomic E-state index is 11.8. The van der Waals surface area contributed by atoms with Crippen molar-refractivity contribution in [3.8, 4) is 12.3 Å². The van der Waals surface area contributed by atoms with Gasteiger partial charge in [-0.25, -0.2) is 4.79 Å². The normalized spacial score (nSPS) is 11.5. The van der Waals surface area contributed by atoms with Crippen molar-refractivity contribution in [3.63, 3.8) is 0 Å². The fourth-order valence-electron chi connectivity index (χ4n) is 1.53. The number of hydrogen-bond acceptors (Lipinski definition) is 6. The van der Waals surface area contributed by atoms with Gasteiger partial charge in [0.25, 0.3) is 0 Å². The lowest BCUT2D eigenvalue weighted by atomic mass is 10.2. The minimum atomic E-state index is -0.530. The molecule has 0 saturated heterocycles. The fourth-order valence-corrected chi connectivity index (χ4v) is 1.53. The average molecular weight is 325 g/mol. The molecule has 0 unspecified atom stereocenters. The molecule has 0 aromatic carbocycles. The third kappa shape index (κ3) is 11.4. The Morgan fingerprint density at radius 1 is 1.13 bits per heavy atom. The SMILES string of the molecule is C#C/C(=C\C=C\N(CCOC)CCOC)C(=O)OCCOCC. The maximum atomic E-state index is 11.8. The second-order valence-electron chi connectivity index (χ2n) is 4.42. The Bertz CT molecular complexity index is 404. The van der Waals surface area contributed by atoms with E-state index in [0.717, 1.165) is 0 Å². The molecule has 23 heavy (non-hydrogen) atoms. The molecule has 0 aromatic heterocycles. The van der Waals surface area contributed by atoms with Crippen LogP contribution in [0.15, 0.2) is 23.9 Å². The number of esters is 1. The highest BCUT2D eigenvalue weighted by Crippen LogP contribution is 1.99. The first-order chi connectivity index (χ1) is 11.2. The highest BCUT2D eigenvalue weighted by molar-refractivity contribution is 5.93. The van der Waals surface area contributed by atoms with Crippen LogP contribution in [-0.4, -0.2) is 71.2 Å². The summed E-state index contributed by atoms with van der Waals surface area (Å²) in [6.45, 7) is 5.62. The van der Waals surface area contributed by atoms with E-state index in [4.69, 9.17) is 25.4 Å². The van der Waals surface area contributed by atoms with E-state index in [0.29, 0.717) is 39.5 Å². The van der Waals surface area contributed by atoms with E-state index in [2.05, 4.69) is 5.92 Å². The van der Waals surface area contributed by atoms with Crippen molar-refractivity contribution < 1.29 is 23.7 Å². The second kappa shape index (κ2) is 15.1. The molecule has 0 atom stereocenters. The van der Waals surface area contributed by atoms with Crippen LogP contribution in [0.3, 0.4) is 0 Å². The van der Waals surface area contributed by atoms with E-state index in [1.54, 1.807) is 26.4 Å². The molecule has 0 amide bonds. The standard InChI is InChI=1S/C17H27NO5/c1-5-16(17(19)23-15-14-22-6-2)8-7-9-18(10-12-20-3)11-13-21-4/h1,7-9H,6,10-15H2,2-4H3/b9-7+,16-8+. The van der Waals surface area contributed by atoms with E-state index in [9.17, 15) is 4.79 Å². The first kappa shape index (κ1) is 21.2. The van der Waals surface area contributed by atoms with E-state index >= 15 is 0 Å². The third-order valence-corrected chi connectivity index (χ3v) is 2.77. The lowest BCUT2D eigenvalue weighted by molar-refractivity contribution is -0.140. The van der Waals surface area contributed by atoms with Gasteiger partial charge in [-0.05, 0) is 25.3 Å². The van der Waals surface area contributed by atoms with Gasteiger partial charge in [-0.1, -0.05) is 5.92 Å². The molecule has 0 bridgehead atoms. The molecule has 0 fully saturated rings. The van der Waals surface area contributed by atoms with Gasteiger partial charge >= 0.3 is 5.97 Å². The predicted molar refractivity (Wildman–Crippen MR) is 88.8 cm³/mol. The molecule has 0 rings (SSSR count). The summed E-state index contributed by atoms with van der Waals surface area (Å²) in [5.74, 6) is 1.80. The number of allylic oxidation sites excluding steroid dienone is 2. The minimum absolute atomic E-state index is 0.163. The number of carbonyl (C=O) groups is 1. The summed E-state index contributed by atoms with van der Waals surface area (Å²) in [6, 6.07) is 0. The molecule has 0 spiro atoms. The monoisotopic (exact) mass is 325 g/mol. The Morgan fingerprint density at radius 3 is 2.30 bits per heavy atom. The number of terminal acetylenes is 1. The minimum Gasteiger partial charge on any atom is -0.459 e. The van der Waals surface area contributed by atoms with Crippen molar-refractivity contribution in [1.29, 1.82) is 0 Å². The van der Waals surface area contributed by atoms with Gasteiger partial charge in [-0.3, -0.25) is 0 Å². The fraction of sp³-hybridized carbons (Fsp3) is 0.588. The Labute approximate surface area is 139 Å². The Balaban J connectivity index is 4.50. The van der Waals surface area contributed by atoms with Gasteiger partial charge in [0.05, 0.1) is 19.8 Å². The van der Waals surface area contributed by atoms with Gasteiger partial charge in [0.15, 0.2) is 0 Å². The molecular weight excluding hydrogens is 298 g/mol. The molecular formula is C17H27NO5. The van der Waals surface area contributed by atoms with Crippen LogP contribution < -0.4 is 0 Å². The summed E-state index contributed by atoms with van der Waals surface area (Å²) < 4.78 is 20.2. The lowest BCUT2D eigenvalue weighted by Gasteiger charge is -2.19. The van der Waals surface area contributed by atoms with Gasteiger partial charge in [0.1, 0.15) is 12.2 Å². The molecule has 0 aliphatic carbocycles. The van der Waals surface area contributed by atoms with E-state index in [1.165, 1.54) is 0 Å². The van der Waals surface area contributed by atoms with E-state index < -0.39 is 5.97 Å². The van der Waals surface area contributed by atoms with E-state index in [1.807, 2.05) is 18.0 Å². The van der Waals surface area contributed by atoms with Crippen LogP contribution in [-0.2, 0) is 23.7 Å². The summed E-state index contributed by atoms with van der Waals surface area (Å²) in [5, 5.41) is 0. The number of ether oxygens (including phenoxy) is 4. The van der Waals surface area contributed by atoms with Gasteiger partial charge in [0.2, 0.25) is 0 Å². The van der Waals surface area contributed by atoms with E-state index in [-0.39, 0.29) is 12.2 Å². The molecule has 6 nitrogen and oxygen atoms in total. The topological polar surface area (TPSA) is 57.2 Å². The molecule has 0 aliphatic heterocycles. The number of carbonyl (C=O) groups excluding carboxylic acids is 1. The zero-order valence-corrected chi connectivity index (χ0v) is 14.2. The average Bonchev–Trinajstić information content (AvgIpc) is 2.57. The highest BCUT2D eigenvalue weighted by atomic mass is 16.6. The number of hydrogen-bond donors (Lipinski definition) is 0. The smallest absolute Gasteiger partial charge is 0.346 e. The predicted octanol–water partition coefficient (Wildman–Crippen LogP) is 1.23.